The van der Waals surface area contributed by atoms with E-state index in [9.17, 15) is 4.79 Å². The lowest BCUT2D eigenvalue weighted by atomic mass is 9.75. The molecule has 0 amide bonds. The Morgan fingerprint density at radius 3 is 2.06 bits per heavy atom. The van der Waals surface area contributed by atoms with Crippen LogP contribution in [0.5, 0.6) is 0 Å². The highest BCUT2D eigenvalue weighted by atomic mass is 16.1. The fourth-order valence-electron chi connectivity index (χ4n) is 3.96. The van der Waals surface area contributed by atoms with Crippen molar-refractivity contribution in [1.29, 1.82) is 0 Å². The van der Waals surface area contributed by atoms with Crippen LogP contribution in [0.15, 0.2) is 0 Å². The molecule has 0 aromatic rings. The molecule has 0 saturated heterocycles. The molecule has 98 valence electrons. The van der Waals surface area contributed by atoms with Gasteiger partial charge in [0.1, 0.15) is 5.78 Å². The van der Waals surface area contributed by atoms with E-state index in [1.165, 1.54) is 57.8 Å². The summed E-state index contributed by atoms with van der Waals surface area (Å²) >= 11 is 0. The average molecular weight is 236 g/mol. The molecule has 17 heavy (non-hydrogen) atoms. The van der Waals surface area contributed by atoms with Crippen molar-refractivity contribution in [2.75, 3.05) is 0 Å². The molecule has 4 unspecified atom stereocenters. The van der Waals surface area contributed by atoms with E-state index >= 15 is 0 Å². The molecule has 1 heteroatoms. The van der Waals surface area contributed by atoms with Gasteiger partial charge in [-0.1, -0.05) is 39.5 Å². The quantitative estimate of drug-likeness (QED) is 0.697. The predicted molar refractivity (Wildman–Crippen MR) is 71.9 cm³/mol. The van der Waals surface area contributed by atoms with Crippen LogP contribution in [0.3, 0.4) is 0 Å². The molecule has 2 fully saturated rings. The molecular weight excluding hydrogens is 208 g/mol. The third-order valence-corrected chi connectivity index (χ3v) is 5.28. The summed E-state index contributed by atoms with van der Waals surface area (Å²) < 4.78 is 0. The minimum atomic E-state index is 0.425. The van der Waals surface area contributed by atoms with Crippen molar-refractivity contribution in [2.24, 2.45) is 23.7 Å². The topological polar surface area (TPSA) is 17.1 Å². The number of Topliss-reactive ketones (excluding diaryl/α,β-unsaturated/α-hetero) is 1. The largest absolute Gasteiger partial charge is 0.299 e. The fourth-order valence-corrected chi connectivity index (χ4v) is 3.96. The Morgan fingerprint density at radius 2 is 1.47 bits per heavy atom. The maximum absolute atomic E-state index is 12.5. The third kappa shape index (κ3) is 3.11. The summed E-state index contributed by atoms with van der Waals surface area (Å²) in [6, 6.07) is 0. The number of ketones is 1. The van der Waals surface area contributed by atoms with Gasteiger partial charge in [-0.05, 0) is 43.9 Å². The van der Waals surface area contributed by atoms with E-state index in [4.69, 9.17) is 0 Å². The molecule has 2 aliphatic carbocycles. The van der Waals surface area contributed by atoms with Crippen LogP contribution >= 0.6 is 0 Å². The van der Waals surface area contributed by atoms with Crippen LogP contribution < -0.4 is 0 Å². The molecule has 0 spiro atoms. The van der Waals surface area contributed by atoms with Crippen molar-refractivity contribution in [1.82, 2.24) is 0 Å². The van der Waals surface area contributed by atoms with Crippen molar-refractivity contribution >= 4 is 5.78 Å². The van der Waals surface area contributed by atoms with Gasteiger partial charge >= 0.3 is 0 Å². The molecule has 2 aliphatic rings. The van der Waals surface area contributed by atoms with Gasteiger partial charge < -0.3 is 0 Å². The SMILES string of the molecule is CCC1CCCC(C(=O)C2CCC(CC)C2)C1. The highest BCUT2D eigenvalue weighted by Gasteiger charge is 2.34. The molecule has 2 saturated carbocycles. The lowest BCUT2D eigenvalue weighted by Crippen LogP contribution is -2.27. The Bertz CT molecular complexity index is 258. The van der Waals surface area contributed by atoms with Gasteiger partial charge in [0, 0.05) is 11.8 Å². The van der Waals surface area contributed by atoms with Gasteiger partial charge in [-0.25, -0.2) is 0 Å². The first-order chi connectivity index (χ1) is 8.24. The van der Waals surface area contributed by atoms with Crippen LogP contribution in [0.1, 0.15) is 71.6 Å². The van der Waals surface area contributed by atoms with Crippen molar-refractivity contribution in [3.63, 3.8) is 0 Å². The van der Waals surface area contributed by atoms with E-state index < -0.39 is 0 Å². The maximum Gasteiger partial charge on any atom is 0.139 e. The van der Waals surface area contributed by atoms with Crippen LogP contribution in [0.2, 0.25) is 0 Å². The Kier molecular flexibility index (Phi) is 4.64. The lowest BCUT2D eigenvalue weighted by Gasteiger charge is -2.29. The standard InChI is InChI=1S/C16H28O/c1-3-12-6-5-7-14(10-12)16(17)15-9-8-13(4-2)11-15/h12-15H,3-11H2,1-2H3. The second-order valence-corrected chi connectivity index (χ2v) is 6.32. The second-order valence-electron chi connectivity index (χ2n) is 6.32. The summed E-state index contributed by atoms with van der Waals surface area (Å²) in [7, 11) is 0. The molecule has 0 N–H and O–H groups in total. The van der Waals surface area contributed by atoms with Gasteiger partial charge in [-0.15, -0.1) is 0 Å². The molecule has 2 rings (SSSR count). The van der Waals surface area contributed by atoms with Gasteiger partial charge in [0.2, 0.25) is 0 Å². The van der Waals surface area contributed by atoms with Crippen LogP contribution in [0.25, 0.3) is 0 Å². The average Bonchev–Trinajstić information content (AvgIpc) is 2.86. The highest BCUT2D eigenvalue weighted by molar-refractivity contribution is 5.83. The Morgan fingerprint density at radius 1 is 0.882 bits per heavy atom. The van der Waals surface area contributed by atoms with Crippen molar-refractivity contribution < 1.29 is 4.79 Å². The zero-order valence-corrected chi connectivity index (χ0v) is 11.6. The first-order valence-electron chi connectivity index (χ1n) is 7.78. The van der Waals surface area contributed by atoms with E-state index in [2.05, 4.69) is 13.8 Å². The Labute approximate surface area is 106 Å². The molecule has 0 bridgehead atoms. The number of hydrogen-bond donors (Lipinski definition) is 0. The van der Waals surface area contributed by atoms with Gasteiger partial charge in [-0.2, -0.15) is 0 Å². The van der Waals surface area contributed by atoms with Crippen LogP contribution in [-0.4, -0.2) is 5.78 Å². The minimum absolute atomic E-state index is 0.425. The molecule has 1 nitrogen and oxygen atoms in total. The van der Waals surface area contributed by atoms with E-state index in [0.717, 1.165) is 11.8 Å². The van der Waals surface area contributed by atoms with Crippen molar-refractivity contribution in [3.05, 3.63) is 0 Å². The lowest BCUT2D eigenvalue weighted by molar-refractivity contribution is -0.128. The Hall–Kier alpha value is -0.330. The molecule has 0 radical (unpaired) electrons. The van der Waals surface area contributed by atoms with E-state index in [1.54, 1.807) is 0 Å². The third-order valence-electron chi connectivity index (χ3n) is 5.28. The monoisotopic (exact) mass is 236 g/mol. The highest BCUT2D eigenvalue weighted by Crippen LogP contribution is 2.39. The van der Waals surface area contributed by atoms with Gasteiger partial charge in [-0.3, -0.25) is 4.79 Å². The summed E-state index contributed by atoms with van der Waals surface area (Å²) in [6.45, 7) is 4.55. The van der Waals surface area contributed by atoms with E-state index in [1.807, 2.05) is 0 Å². The predicted octanol–water partition coefficient (Wildman–Crippen LogP) is 4.60. The summed E-state index contributed by atoms with van der Waals surface area (Å²) in [5.41, 5.74) is 0. The number of rotatable bonds is 4. The van der Waals surface area contributed by atoms with Gasteiger partial charge in [0.25, 0.3) is 0 Å². The fraction of sp³-hybridized carbons (Fsp3) is 0.938. The van der Waals surface area contributed by atoms with Gasteiger partial charge in [0.05, 0.1) is 0 Å². The minimum Gasteiger partial charge on any atom is -0.299 e. The van der Waals surface area contributed by atoms with Crippen LogP contribution in [-0.2, 0) is 4.79 Å². The number of carbonyl (C=O) groups is 1. The van der Waals surface area contributed by atoms with E-state index in [-0.39, 0.29) is 0 Å². The molecule has 0 aromatic heterocycles. The second kappa shape index (κ2) is 6.02. The van der Waals surface area contributed by atoms with Crippen molar-refractivity contribution in [3.8, 4) is 0 Å². The Balaban J connectivity index is 1.87. The van der Waals surface area contributed by atoms with Crippen LogP contribution in [0, 0.1) is 23.7 Å². The summed E-state index contributed by atoms with van der Waals surface area (Å²) in [4.78, 5) is 12.5. The summed E-state index contributed by atoms with van der Waals surface area (Å²) in [5.74, 6) is 3.17. The number of carbonyl (C=O) groups excluding carboxylic acids is 1. The smallest absolute Gasteiger partial charge is 0.139 e. The molecular formula is C16H28O. The molecule has 0 heterocycles. The normalized spacial score (nSPS) is 38.2. The molecule has 4 atom stereocenters. The first kappa shape index (κ1) is 13.1. The maximum atomic E-state index is 12.5. The summed E-state index contributed by atoms with van der Waals surface area (Å²) in [6.07, 6.45) is 11.3. The molecule has 0 aliphatic heterocycles. The molecule has 0 aromatic carbocycles. The number of hydrogen-bond acceptors (Lipinski definition) is 1. The zero-order chi connectivity index (χ0) is 12.3. The zero-order valence-electron chi connectivity index (χ0n) is 11.6. The van der Waals surface area contributed by atoms with Gasteiger partial charge in [0.15, 0.2) is 0 Å². The van der Waals surface area contributed by atoms with Crippen molar-refractivity contribution in [2.45, 2.75) is 71.6 Å². The van der Waals surface area contributed by atoms with E-state index in [0.29, 0.717) is 17.6 Å². The summed E-state index contributed by atoms with van der Waals surface area (Å²) in [5, 5.41) is 0. The first-order valence-corrected chi connectivity index (χ1v) is 7.78. The van der Waals surface area contributed by atoms with Crippen LogP contribution in [0.4, 0.5) is 0 Å².